The minimum absolute atomic E-state index is 0.0117. The van der Waals surface area contributed by atoms with Crippen molar-refractivity contribution in [3.05, 3.63) is 29.6 Å². The first-order valence-electron chi connectivity index (χ1n) is 4.97. The molecule has 0 radical (unpaired) electrons. The summed E-state index contributed by atoms with van der Waals surface area (Å²) < 4.78 is 0. The molecule has 0 amide bonds. The van der Waals surface area contributed by atoms with Gasteiger partial charge < -0.3 is 5.73 Å². The number of rotatable bonds is 4. The third-order valence-corrected chi connectivity index (χ3v) is 2.58. The maximum absolute atomic E-state index is 10.5. The highest BCUT2D eigenvalue weighted by molar-refractivity contribution is 5.71. The van der Waals surface area contributed by atoms with Crippen LogP contribution >= 0.6 is 0 Å². The van der Waals surface area contributed by atoms with Crippen LogP contribution in [-0.4, -0.2) is 11.3 Å². The standard InChI is InChI=1S/C11H14N2O/c12-10(6-8-4-5-8)11-3-1-2-9(7-14)13-11/h1-3,7-8,10H,4-6,12H2. The minimum atomic E-state index is -0.0117. The summed E-state index contributed by atoms with van der Waals surface area (Å²) in [5.41, 5.74) is 7.28. The molecule has 1 saturated carbocycles. The van der Waals surface area contributed by atoms with Gasteiger partial charge in [-0.25, -0.2) is 4.98 Å². The van der Waals surface area contributed by atoms with Crippen LogP contribution in [0.25, 0.3) is 0 Å². The van der Waals surface area contributed by atoms with E-state index in [9.17, 15) is 4.79 Å². The molecule has 1 atom stereocenters. The van der Waals surface area contributed by atoms with Crippen molar-refractivity contribution in [2.45, 2.75) is 25.3 Å². The number of nitrogens with two attached hydrogens (primary N) is 1. The van der Waals surface area contributed by atoms with Crippen LogP contribution in [0.2, 0.25) is 0 Å². The zero-order valence-corrected chi connectivity index (χ0v) is 8.02. The molecule has 0 aliphatic heterocycles. The molecule has 2 rings (SSSR count). The van der Waals surface area contributed by atoms with E-state index in [2.05, 4.69) is 4.98 Å². The molecule has 1 heterocycles. The summed E-state index contributed by atoms with van der Waals surface area (Å²) in [4.78, 5) is 14.7. The van der Waals surface area contributed by atoms with Crippen LogP contribution in [-0.2, 0) is 0 Å². The van der Waals surface area contributed by atoms with Crippen molar-refractivity contribution in [3.63, 3.8) is 0 Å². The lowest BCUT2D eigenvalue weighted by Crippen LogP contribution is -2.13. The molecule has 1 aliphatic rings. The lowest BCUT2D eigenvalue weighted by Gasteiger charge is -2.09. The van der Waals surface area contributed by atoms with Gasteiger partial charge in [0.05, 0.1) is 5.69 Å². The third-order valence-electron chi connectivity index (χ3n) is 2.58. The van der Waals surface area contributed by atoms with Gasteiger partial charge in [0.25, 0.3) is 0 Å². The number of carbonyl (C=O) groups is 1. The topological polar surface area (TPSA) is 56.0 Å². The van der Waals surface area contributed by atoms with Crippen molar-refractivity contribution in [2.24, 2.45) is 11.7 Å². The van der Waals surface area contributed by atoms with E-state index in [0.29, 0.717) is 5.69 Å². The average Bonchev–Trinajstić information content (AvgIpc) is 3.02. The van der Waals surface area contributed by atoms with E-state index in [-0.39, 0.29) is 6.04 Å². The van der Waals surface area contributed by atoms with Crippen molar-refractivity contribution in [1.82, 2.24) is 4.98 Å². The van der Waals surface area contributed by atoms with Crippen molar-refractivity contribution in [1.29, 1.82) is 0 Å². The van der Waals surface area contributed by atoms with Crippen molar-refractivity contribution < 1.29 is 4.79 Å². The summed E-state index contributed by atoms with van der Waals surface area (Å²) >= 11 is 0. The average molecular weight is 190 g/mol. The van der Waals surface area contributed by atoms with E-state index in [1.54, 1.807) is 6.07 Å². The first-order chi connectivity index (χ1) is 6.79. The molecule has 2 N–H and O–H groups in total. The SMILES string of the molecule is NC(CC1CC1)c1cccc(C=O)n1. The van der Waals surface area contributed by atoms with Gasteiger partial charge in [-0.05, 0) is 24.5 Å². The van der Waals surface area contributed by atoms with Gasteiger partial charge >= 0.3 is 0 Å². The van der Waals surface area contributed by atoms with Crippen LogP contribution < -0.4 is 5.73 Å². The molecular weight excluding hydrogens is 176 g/mol. The zero-order valence-electron chi connectivity index (χ0n) is 8.02. The number of hydrogen-bond donors (Lipinski definition) is 1. The number of aldehydes is 1. The Bertz CT molecular complexity index is 334. The van der Waals surface area contributed by atoms with E-state index < -0.39 is 0 Å². The molecule has 1 aromatic heterocycles. The van der Waals surface area contributed by atoms with Crippen molar-refractivity contribution in [3.8, 4) is 0 Å². The molecule has 0 bridgehead atoms. The second kappa shape index (κ2) is 3.88. The van der Waals surface area contributed by atoms with Gasteiger partial charge in [-0.3, -0.25) is 4.79 Å². The molecule has 1 unspecified atom stereocenters. The highest BCUT2D eigenvalue weighted by atomic mass is 16.1. The van der Waals surface area contributed by atoms with Gasteiger partial charge in [0, 0.05) is 6.04 Å². The van der Waals surface area contributed by atoms with Crippen LogP contribution in [0.3, 0.4) is 0 Å². The molecule has 1 fully saturated rings. The summed E-state index contributed by atoms with van der Waals surface area (Å²) in [6.07, 6.45) is 4.34. The molecule has 1 aromatic rings. The summed E-state index contributed by atoms with van der Waals surface area (Å²) in [5, 5.41) is 0. The maximum atomic E-state index is 10.5. The van der Waals surface area contributed by atoms with Gasteiger partial charge in [0.2, 0.25) is 0 Å². The lowest BCUT2D eigenvalue weighted by atomic mass is 10.1. The van der Waals surface area contributed by atoms with Gasteiger partial charge in [-0.15, -0.1) is 0 Å². The number of aromatic nitrogens is 1. The predicted molar refractivity (Wildman–Crippen MR) is 53.9 cm³/mol. The predicted octanol–water partition coefficient (Wildman–Crippen LogP) is 1.69. The summed E-state index contributed by atoms with van der Waals surface area (Å²) in [5.74, 6) is 0.784. The number of pyridine rings is 1. The van der Waals surface area contributed by atoms with E-state index in [4.69, 9.17) is 5.73 Å². The van der Waals surface area contributed by atoms with E-state index in [1.807, 2.05) is 12.1 Å². The molecule has 14 heavy (non-hydrogen) atoms. The fraction of sp³-hybridized carbons (Fsp3) is 0.455. The highest BCUT2D eigenvalue weighted by Gasteiger charge is 2.24. The Labute approximate surface area is 83.3 Å². The third kappa shape index (κ3) is 2.17. The molecule has 3 nitrogen and oxygen atoms in total. The van der Waals surface area contributed by atoms with Crippen LogP contribution in [0.4, 0.5) is 0 Å². The van der Waals surface area contributed by atoms with Gasteiger partial charge in [-0.2, -0.15) is 0 Å². The summed E-state index contributed by atoms with van der Waals surface area (Å²) in [6, 6.07) is 5.40. The van der Waals surface area contributed by atoms with E-state index >= 15 is 0 Å². The normalized spacial score (nSPS) is 17.8. The monoisotopic (exact) mass is 190 g/mol. The Balaban J connectivity index is 2.08. The fourth-order valence-electron chi connectivity index (χ4n) is 1.57. The smallest absolute Gasteiger partial charge is 0.168 e. The van der Waals surface area contributed by atoms with Crippen LogP contribution in [0, 0.1) is 5.92 Å². The van der Waals surface area contributed by atoms with E-state index in [1.165, 1.54) is 12.8 Å². The first-order valence-corrected chi connectivity index (χ1v) is 4.97. The van der Waals surface area contributed by atoms with Gasteiger partial charge in [0.15, 0.2) is 6.29 Å². The molecule has 74 valence electrons. The Kier molecular flexibility index (Phi) is 2.59. The Hall–Kier alpha value is -1.22. The number of carbonyl (C=O) groups excluding carboxylic acids is 1. The zero-order chi connectivity index (χ0) is 9.97. The van der Waals surface area contributed by atoms with Crippen LogP contribution in [0.15, 0.2) is 18.2 Å². The number of nitrogens with zero attached hydrogens (tertiary/aromatic N) is 1. The Morgan fingerprint density at radius 2 is 2.36 bits per heavy atom. The van der Waals surface area contributed by atoms with Crippen LogP contribution in [0.1, 0.15) is 41.5 Å². The highest BCUT2D eigenvalue weighted by Crippen LogP contribution is 2.36. The largest absolute Gasteiger partial charge is 0.323 e. The summed E-state index contributed by atoms with van der Waals surface area (Å²) in [7, 11) is 0. The number of hydrogen-bond acceptors (Lipinski definition) is 3. The molecule has 1 aliphatic carbocycles. The van der Waals surface area contributed by atoms with Crippen LogP contribution in [0.5, 0.6) is 0 Å². The van der Waals surface area contributed by atoms with Gasteiger partial charge in [0.1, 0.15) is 5.69 Å². The van der Waals surface area contributed by atoms with Gasteiger partial charge in [-0.1, -0.05) is 18.9 Å². The fourth-order valence-corrected chi connectivity index (χ4v) is 1.57. The Morgan fingerprint density at radius 3 is 3.00 bits per heavy atom. The lowest BCUT2D eigenvalue weighted by molar-refractivity contribution is 0.111. The summed E-state index contributed by atoms with van der Waals surface area (Å²) in [6.45, 7) is 0. The maximum Gasteiger partial charge on any atom is 0.168 e. The Morgan fingerprint density at radius 1 is 1.57 bits per heavy atom. The molecule has 0 aromatic carbocycles. The molecule has 3 heteroatoms. The van der Waals surface area contributed by atoms with Crippen molar-refractivity contribution >= 4 is 6.29 Å². The molecule has 0 spiro atoms. The second-order valence-corrected chi connectivity index (χ2v) is 3.89. The first kappa shape index (κ1) is 9.34. The quantitative estimate of drug-likeness (QED) is 0.735. The molecule has 0 saturated heterocycles. The van der Waals surface area contributed by atoms with Crippen molar-refractivity contribution in [2.75, 3.05) is 0 Å². The second-order valence-electron chi connectivity index (χ2n) is 3.89. The van der Waals surface area contributed by atoms with E-state index in [0.717, 1.165) is 24.3 Å². The minimum Gasteiger partial charge on any atom is -0.323 e. The molecular formula is C11H14N2O.